The Hall–Kier alpha value is -3.93. The van der Waals surface area contributed by atoms with Gasteiger partial charge in [-0.05, 0) is 37.3 Å². The van der Waals surface area contributed by atoms with E-state index < -0.39 is 5.97 Å². The zero-order valence-electron chi connectivity index (χ0n) is 15.8. The van der Waals surface area contributed by atoms with Crippen molar-refractivity contribution in [1.82, 2.24) is 15.0 Å². The first kappa shape index (κ1) is 18.4. The number of ether oxygens (including phenoxy) is 1. The Morgan fingerprint density at radius 3 is 2.45 bits per heavy atom. The molecule has 0 radical (unpaired) electrons. The number of benzene rings is 2. The third kappa shape index (κ3) is 3.73. The topological polar surface area (TPSA) is 88.1 Å². The number of carboxylic acids is 1. The summed E-state index contributed by atoms with van der Waals surface area (Å²) >= 11 is 0. The molecule has 4 rings (SSSR count). The maximum Gasteiger partial charge on any atom is 0.339 e. The monoisotopic (exact) mass is 385 g/mol. The Kier molecular flexibility index (Phi) is 5.07. The summed E-state index contributed by atoms with van der Waals surface area (Å²) in [7, 11) is 0. The van der Waals surface area contributed by atoms with E-state index >= 15 is 0 Å². The standard InChI is InChI=1S/C23H19N3O3/c1-2-29-19-9-8-17(14-18(19)23(27)28)21-20(15-10-12-24-13-11-15)25-22(26-21)16-6-4-3-5-7-16/h3-14H,2H2,1H3,(H,25,26)(H,27,28). The first-order valence-electron chi connectivity index (χ1n) is 9.23. The summed E-state index contributed by atoms with van der Waals surface area (Å²) < 4.78 is 5.46. The van der Waals surface area contributed by atoms with E-state index in [2.05, 4.69) is 9.97 Å². The molecule has 2 N–H and O–H groups in total. The second-order valence-corrected chi connectivity index (χ2v) is 6.36. The van der Waals surface area contributed by atoms with Gasteiger partial charge in [0.15, 0.2) is 0 Å². The molecule has 0 aliphatic rings. The van der Waals surface area contributed by atoms with Crippen LogP contribution in [0.5, 0.6) is 5.75 Å². The fraction of sp³-hybridized carbons (Fsp3) is 0.0870. The molecule has 2 heterocycles. The molecule has 0 aliphatic heterocycles. The number of carbonyl (C=O) groups is 1. The smallest absolute Gasteiger partial charge is 0.339 e. The second kappa shape index (κ2) is 7.98. The largest absolute Gasteiger partial charge is 0.493 e. The molecule has 2 aromatic heterocycles. The van der Waals surface area contributed by atoms with E-state index in [-0.39, 0.29) is 5.56 Å². The number of pyridine rings is 1. The van der Waals surface area contributed by atoms with E-state index in [0.717, 1.165) is 22.5 Å². The van der Waals surface area contributed by atoms with E-state index in [1.54, 1.807) is 24.5 Å². The molecule has 0 fully saturated rings. The number of aromatic nitrogens is 3. The van der Waals surface area contributed by atoms with Crippen LogP contribution in [0.25, 0.3) is 33.9 Å². The van der Waals surface area contributed by atoms with Crippen LogP contribution in [0.4, 0.5) is 0 Å². The second-order valence-electron chi connectivity index (χ2n) is 6.36. The Bertz CT molecular complexity index is 1140. The van der Waals surface area contributed by atoms with Gasteiger partial charge < -0.3 is 14.8 Å². The number of aromatic amines is 1. The summed E-state index contributed by atoms with van der Waals surface area (Å²) in [5, 5.41) is 9.62. The summed E-state index contributed by atoms with van der Waals surface area (Å²) in [5.41, 5.74) is 4.12. The van der Waals surface area contributed by atoms with Crippen LogP contribution in [0.1, 0.15) is 17.3 Å². The van der Waals surface area contributed by atoms with Crippen LogP contribution in [0.2, 0.25) is 0 Å². The van der Waals surface area contributed by atoms with E-state index in [9.17, 15) is 9.90 Å². The summed E-state index contributed by atoms with van der Waals surface area (Å²) in [6, 6.07) is 18.7. The number of hydrogen-bond acceptors (Lipinski definition) is 4. The highest BCUT2D eigenvalue weighted by atomic mass is 16.5. The number of carboxylic acid groups (broad SMARTS) is 1. The van der Waals surface area contributed by atoms with Crippen molar-refractivity contribution in [2.45, 2.75) is 6.92 Å². The van der Waals surface area contributed by atoms with Gasteiger partial charge in [-0.1, -0.05) is 30.3 Å². The van der Waals surface area contributed by atoms with Gasteiger partial charge in [-0.2, -0.15) is 0 Å². The van der Waals surface area contributed by atoms with Gasteiger partial charge in [-0.25, -0.2) is 9.78 Å². The lowest BCUT2D eigenvalue weighted by atomic mass is 10.0. The van der Waals surface area contributed by atoms with Gasteiger partial charge in [-0.15, -0.1) is 0 Å². The summed E-state index contributed by atoms with van der Waals surface area (Å²) in [4.78, 5) is 24.0. The van der Waals surface area contributed by atoms with Gasteiger partial charge >= 0.3 is 5.97 Å². The van der Waals surface area contributed by atoms with Crippen molar-refractivity contribution < 1.29 is 14.6 Å². The third-order valence-corrected chi connectivity index (χ3v) is 4.50. The summed E-state index contributed by atoms with van der Waals surface area (Å²) in [6.45, 7) is 2.21. The van der Waals surface area contributed by atoms with Gasteiger partial charge in [0.25, 0.3) is 0 Å². The molecule has 6 heteroatoms. The molecule has 0 spiro atoms. The molecule has 29 heavy (non-hydrogen) atoms. The van der Waals surface area contributed by atoms with Crippen LogP contribution in [-0.4, -0.2) is 32.6 Å². The Morgan fingerprint density at radius 1 is 1.00 bits per heavy atom. The zero-order chi connectivity index (χ0) is 20.2. The molecule has 2 aromatic carbocycles. The molecular weight excluding hydrogens is 366 g/mol. The minimum absolute atomic E-state index is 0.112. The normalized spacial score (nSPS) is 10.7. The first-order chi connectivity index (χ1) is 14.2. The highest BCUT2D eigenvalue weighted by Crippen LogP contribution is 2.35. The van der Waals surface area contributed by atoms with Crippen LogP contribution in [-0.2, 0) is 0 Å². The van der Waals surface area contributed by atoms with Gasteiger partial charge in [-0.3, -0.25) is 4.98 Å². The SMILES string of the molecule is CCOc1ccc(-c2[nH]c(-c3ccccc3)nc2-c2ccncc2)cc1C(=O)O. The van der Waals surface area contributed by atoms with Crippen LogP contribution >= 0.6 is 0 Å². The maximum absolute atomic E-state index is 11.7. The predicted octanol–water partition coefficient (Wildman–Crippen LogP) is 4.90. The third-order valence-electron chi connectivity index (χ3n) is 4.50. The molecule has 0 saturated heterocycles. The lowest BCUT2D eigenvalue weighted by molar-refractivity contribution is 0.0692. The highest BCUT2D eigenvalue weighted by Gasteiger charge is 2.19. The van der Waals surface area contributed by atoms with Crippen LogP contribution < -0.4 is 4.74 Å². The molecule has 0 unspecified atom stereocenters. The van der Waals surface area contributed by atoms with E-state index in [1.165, 1.54) is 0 Å². The Morgan fingerprint density at radius 2 is 1.76 bits per heavy atom. The minimum Gasteiger partial charge on any atom is -0.493 e. The molecule has 0 bridgehead atoms. The van der Waals surface area contributed by atoms with Crippen molar-refractivity contribution >= 4 is 5.97 Å². The van der Waals surface area contributed by atoms with Gasteiger partial charge in [0.05, 0.1) is 18.0 Å². The summed E-state index contributed by atoms with van der Waals surface area (Å²) in [5.74, 6) is 0.0127. The van der Waals surface area contributed by atoms with Crippen molar-refractivity contribution in [2.24, 2.45) is 0 Å². The van der Waals surface area contributed by atoms with Gasteiger partial charge in [0, 0.05) is 29.1 Å². The maximum atomic E-state index is 11.7. The molecule has 6 nitrogen and oxygen atoms in total. The fourth-order valence-electron chi connectivity index (χ4n) is 3.17. The van der Waals surface area contributed by atoms with Gasteiger partial charge in [0.1, 0.15) is 17.1 Å². The number of nitrogens with zero attached hydrogens (tertiary/aromatic N) is 2. The lowest BCUT2D eigenvalue weighted by Gasteiger charge is -2.09. The average molecular weight is 385 g/mol. The first-order valence-corrected chi connectivity index (χ1v) is 9.23. The number of H-pyrrole nitrogens is 1. The highest BCUT2D eigenvalue weighted by molar-refractivity contribution is 5.93. The van der Waals surface area contributed by atoms with Crippen molar-refractivity contribution in [3.63, 3.8) is 0 Å². The summed E-state index contributed by atoms with van der Waals surface area (Å²) in [6.07, 6.45) is 3.41. The van der Waals surface area contributed by atoms with Crippen molar-refractivity contribution in [1.29, 1.82) is 0 Å². The molecule has 4 aromatic rings. The van der Waals surface area contributed by atoms with Crippen LogP contribution in [0, 0.1) is 0 Å². The van der Waals surface area contributed by atoms with Gasteiger partial charge in [0.2, 0.25) is 0 Å². The Balaban J connectivity index is 1.90. The van der Waals surface area contributed by atoms with E-state index in [0.29, 0.717) is 23.7 Å². The molecule has 0 atom stereocenters. The zero-order valence-corrected chi connectivity index (χ0v) is 15.8. The molecule has 0 amide bonds. The molecule has 0 aliphatic carbocycles. The van der Waals surface area contributed by atoms with E-state index in [1.807, 2.05) is 55.5 Å². The quantitative estimate of drug-likeness (QED) is 0.493. The van der Waals surface area contributed by atoms with Crippen molar-refractivity contribution in [3.8, 4) is 39.7 Å². The minimum atomic E-state index is -1.04. The van der Waals surface area contributed by atoms with Crippen LogP contribution in [0.15, 0.2) is 73.1 Å². The Labute approximate surface area is 167 Å². The predicted molar refractivity (Wildman–Crippen MR) is 111 cm³/mol. The lowest BCUT2D eigenvalue weighted by Crippen LogP contribution is -2.03. The average Bonchev–Trinajstić information content (AvgIpc) is 3.21. The molecular formula is C23H19N3O3. The van der Waals surface area contributed by atoms with E-state index in [4.69, 9.17) is 9.72 Å². The molecule has 0 saturated carbocycles. The number of imidazole rings is 1. The number of nitrogens with one attached hydrogen (secondary N) is 1. The van der Waals surface area contributed by atoms with Crippen LogP contribution in [0.3, 0.4) is 0 Å². The van der Waals surface area contributed by atoms with Crippen molar-refractivity contribution in [2.75, 3.05) is 6.61 Å². The number of aromatic carboxylic acids is 1. The number of rotatable bonds is 6. The molecule has 144 valence electrons. The number of hydrogen-bond donors (Lipinski definition) is 2. The van der Waals surface area contributed by atoms with Crippen molar-refractivity contribution in [3.05, 3.63) is 78.6 Å². The fourth-order valence-corrected chi connectivity index (χ4v) is 3.17.